The van der Waals surface area contributed by atoms with Gasteiger partial charge in [0.05, 0.1) is 33.3 Å². The van der Waals surface area contributed by atoms with Gasteiger partial charge in [0.15, 0.2) is 10.6 Å². The Kier molecular flexibility index (Phi) is 4.93. The lowest BCUT2D eigenvalue weighted by atomic mass is 9.98. The Morgan fingerprint density at radius 2 is 1.83 bits per heavy atom. The third-order valence-corrected chi connectivity index (χ3v) is 6.91. The SMILES string of the molecule is CC(C)Oc1ccc([C@@H]2c3c(oc4ccccc4c3=O)C(=O)N2c2nc3ccc(F)cc3s2)cc1. The van der Waals surface area contributed by atoms with Gasteiger partial charge < -0.3 is 9.15 Å². The van der Waals surface area contributed by atoms with E-state index in [0.29, 0.717) is 37.6 Å². The lowest BCUT2D eigenvalue weighted by molar-refractivity contribution is 0.0971. The van der Waals surface area contributed by atoms with Gasteiger partial charge in [0, 0.05) is 0 Å². The molecule has 0 N–H and O–H groups in total. The number of fused-ring (bicyclic) bond motifs is 3. The van der Waals surface area contributed by atoms with Gasteiger partial charge in [0.25, 0.3) is 5.91 Å². The number of hydrogen-bond acceptors (Lipinski definition) is 6. The monoisotopic (exact) mass is 486 g/mol. The van der Waals surface area contributed by atoms with E-state index in [1.807, 2.05) is 38.1 Å². The van der Waals surface area contributed by atoms with Crippen LogP contribution in [0.2, 0.25) is 0 Å². The van der Waals surface area contributed by atoms with E-state index in [2.05, 4.69) is 4.98 Å². The van der Waals surface area contributed by atoms with Crippen LogP contribution in [0, 0.1) is 5.82 Å². The summed E-state index contributed by atoms with van der Waals surface area (Å²) in [6.45, 7) is 3.88. The number of thiazole rings is 1. The van der Waals surface area contributed by atoms with Gasteiger partial charge in [-0.3, -0.25) is 14.5 Å². The molecule has 1 aliphatic heterocycles. The molecule has 1 amide bonds. The second kappa shape index (κ2) is 8.02. The summed E-state index contributed by atoms with van der Waals surface area (Å²) in [5.41, 5.74) is 1.62. The molecule has 0 spiro atoms. The largest absolute Gasteiger partial charge is 0.491 e. The molecule has 0 aliphatic carbocycles. The maximum Gasteiger partial charge on any atom is 0.297 e. The van der Waals surface area contributed by atoms with Gasteiger partial charge in [0.2, 0.25) is 5.76 Å². The van der Waals surface area contributed by atoms with Crippen molar-refractivity contribution in [3.05, 3.63) is 99.7 Å². The lowest BCUT2D eigenvalue weighted by Gasteiger charge is -2.22. The average Bonchev–Trinajstić information content (AvgIpc) is 3.37. The Bertz CT molecular complexity index is 1670. The van der Waals surface area contributed by atoms with Gasteiger partial charge in [0.1, 0.15) is 17.1 Å². The van der Waals surface area contributed by atoms with Crippen LogP contribution in [0.5, 0.6) is 5.75 Å². The highest BCUT2D eigenvalue weighted by atomic mass is 32.1. The van der Waals surface area contributed by atoms with Crippen LogP contribution in [0.3, 0.4) is 0 Å². The van der Waals surface area contributed by atoms with Gasteiger partial charge in [-0.15, -0.1) is 0 Å². The van der Waals surface area contributed by atoms with Crippen LogP contribution < -0.4 is 15.1 Å². The molecule has 0 saturated carbocycles. The molecule has 174 valence electrons. The van der Waals surface area contributed by atoms with Crippen molar-refractivity contribution >= 4 is 43.6 Å². The Balaban J connectivity index is 1.57. The highest BCUT2D eigenvalue weighted by Crippen LogP contribution is 2.43. The van der Waals surface area contributed by atoms with E-state index in [1.54, 1.807) is 30.3 Å². The van der Waals surface area contributed by atoms with E-state index in [0.717, 1.165) is 0 Å². The molecule has 5 aromatic rings. The van der Waals surface area contributed by atoms with Gasteiger partial charge in [-0.05, 0) is 61.9 Å². The maximum atomic E-state index is 13.8. The topological polar surface area (TPSA) is 72.6 Å². The number of aromatic nitrogens is 1. The summed E-state index contributed by atoms with van der Waals surface area (Å²) in [5, 5.41) is 0.759. The van der Waals surface area contributed by atoms with Crippen LogP contribution in [-0.4, -0.2) is 17.0 Å². The van der Waals surface area contributed by atoms with E-state index < -0.39 is 11.9 Å². The van der Waals surface area contributed by atoms with Gasteiger partial charge in [-0.1, -0.05) is 35.6 Å². The standard InChI is InChI=1S/C27H19FN2O4S/c1-14(2)33-17-10-7-15(8-11-17)23-22-24(31)18-5-3-4-6-20(18)34-25(22)26(32)30(23)27-29-19-12-9-16(28)13-21(19)35-27/h3-14,23H,1-2H3/t23-/m1/s1. The number of para-hydroxylation sites is 1. The quantitative estimate of drug-likeness (QED) is 0.308. The number of carbonyl (C=O) groups excluding carboxylic acids is 1. The van der Waals surface area contributed by atoms with Crippen LogP contribution in [-0.2, 0) is 0 Å². The molecule has 1 aliphatic rings. The number of carbonyl (C=O) groups is 1. The first-order valence-corrected chi connectivity index (χ1v) is 11.9. The van der Waals surface area contributed by atoms with E-state index in [1.165, 1.54) is 28.4 Å². The van der Waals surface area contributed by atoms with E-state index in [4.69, 9.17) is 9.15 Å². The highest BCUT2D eigenvalue weighted by Gasteiger charge is 2.45. The fourth-order valence-electron chi connectivity index (χ4n) is 4.42. The predicted molar refractivity (Wildman–Crippen MR) is 133 cm³/mol. The van der Waals surface area contributed by atoms with Crippen molar-refractivity contribution in [2.75, 3.05) is 4.90 Å². The van der Waals surface area contributed by atoms with Crippen molar-refractivity contribution in [3.8, 4) is 5.75 Å². The zero-order valence-electron chi connectivity index (χ0n) is 18.8. The highest BCUT2D eigenvalue weighted by molar-refractivity contribution is 7.22. The summed E-state index contributed by atoms with van der Waals surface area (Å²) < 4.78 is 26.2. The molecule has 0 saturated heterocycles. The molecule has 6 nitrogen and oxygen atoms in total. The first-order valence-electron chi connectivity index (χ1n) is 11.1. The Hall–Kier alpha value is -4.04. The fraction of sp³-hybridized carbons (Fsp3) is 0.148. The summed E-state index contributed by atoms with van der Waals surface area (Å²) in [6, 6.07) is 17.7. The molecule has 0 bridgehead atoms. The minimum absolute atomic E-state index is 0.00712. The van der Waals surface area contributed by atoms with Crippen molar-refractivity contribution in [1.29, 1.82) is 0 Å². The molecule has 3 aromatic carbocycles. The second-order valence-electron chi connectivity index (χ2n) is 8.59. The van der Waals surface area contributed by atoms with Crippen LogP contribution in [0.1, 0.15) is 41.6 Å². The molecule has 0 unspecified atom stereocenters. The van der Waals surface area contributed by atoms with Crippen molar-refractivity contribution < 1.29 is 18.3 Å². The van der Waals surface area contributed by atoms with Crippen molar-refractivity contribution in [2.24, 2.45) is 0 Å². The smallest absolute Gasteiger partial charge is 0.297 e. The minimum Gasteiger partial charge on any atom is -0.491 e. The minimum atomic E-state index is -0.753. The average molecular weight is 487 g/mol. The summed E-state index contributed by atoms with van der Waals surface area (Å²) >= 11 is 1.19. The third-order valence-electron chi connectivity index (χ3n) is 5.89. The van der Waals surface area contributed by atoms with Crippen LogP contribution in [0.15, 0.2) is 75.9 Å². The number of halogens is 1. The Morgan fingerprint density at radius 1 is 1.06 bits per heavy atom. The normalized spacial score (nSPS) is 15.4. The Labute approximate surface area is 203 Å². The predicted octanol–water partition coefficient (Wildman–Crippen LogP) is 6.08. The molecular formula is C27H19FN2O4S. The zero-order valence-corrected chi connectivity index (χ0v) is 19.6. The number of benzene rings is 3. The molecule has 3 heterocycles. The van der Waals surface area contributed by atoms with Crippen LogP contribution in [0.4, 0.5) is 9.52 Å². The molecule has 0 radical (unpaired) electrons. The number of ether oxygens (including phenoxy) is 1. The zero-order chi connectivity index (χ0) is 24.3. The van der Waals surface area contributed by atoms with Crippen molar-refractivity contribution in [3.63, 3.8) is 0 Å². The first-order chi connectivity index (χ1) is 16.9. The van der Waals surface area contributed by atoms with E-state index >= 15 is 0 Å². The number of nitrogens with zero attached hydrogens (tertiary/aromatic N) is 2. The third kappa shape index (κ3) is 3.49. The van der Waals surface area contributed by atoms with Crippen molar-refractivity contribution in [1.82, 2.24) is 4.98 Å². The van der Waals surface area contributed by atoms with Gasteiger partial charge in [-0.25, -0.2) is 9.37 Å². The summed E-state index contributed by atoms with van der Waals surface area (Å²) in [4.78, 5) is 33.4. The molecule has 35 heavy (non-hydrogen) atoms. The maximum absolute atomic E-state index is 13.8. The number of rotatable bonds is 4. The summed E-state index contributed by atoms with van der Waals surface area (Å²) in [5.74, 6) is -0.175. The van der Waals surface area contributed by atoms with E-state index in [-0.39, 0.29) is 28.7 Å². The molecule has 0 fully saturated rings. The van der Waals surface area contributed by atoms with Gasteiger partial charge in [-0.2, -0.15) is 0 Å². The molecular weight excluding hydrogens is 467 g/mol. The molecule has 8 heteroatoms. The number of anilines is 1. The number of amides is 1. The summed E-state index contributed by atoms with van der Waals surface area (Å²) in [7, 11) is 0. The van der Waals surface area contributed by atoms with Crippen molar-refractivity contribution in [2.45, 2.75) is 26.0 Å². The second-order valence-corrected chi connectivity index (χ2v) is 9.60. The van der Waals surface area contributed by atoms with Crippen LogP contribution in [0.25, 0.3) is 21.2 Å². The number of hydrogen-bond donors (Lipinski definition) is 0. The fourth-order valence-corrected chi connectivity index (χ4v) is 5.44. The molecule has 2 aromatic heterocycles. The first kappa shape index (κ1) is 21.5. The van der Waals surface area contributed by atoms with Crippen LogP contribution >= 0.6 is 11.3 Å². The molecule has 6 rings (SSSR count). The summed E-state index contributed by atoms with van der Waals surface area (Å²) in [6.07, 6.45) is 0.00712. The lowest BCUT2D eigenvalue weighted by Crippen LogP contribution is -2.29. The van der Waals surface area contributed by atoms with Gasteiger partial charge >= 0.3 is 0 Å². The molecule has 1 atom stereocenters. The van der Waals surface area contributed by atoms with E-state index in [9.17, 15) is 14.0 Å². The Morgan fingerprint density at radius 3 is 2.60 bits per heavy atom.